The number of benzene rings is 2. The van der Waals surface area contributed by atoms with Gasteiger partial charge >= 0.3 is 5.97 Å². The maximum atomic E-state index is 12.6. The number of quaternary nitrogens is 1. The highest BCUT2D eigenvalue weighted by atomic mass is 79.9. The summed E-state index contributed by atoms with van der Waals surface area (Å²) in [7, 11) is 0. The molecule has 38 heavy (non-hydrogen) atoms. The van der Waals surface area contributed by atoms with E-state index < -0.39 is 17.6 Å². The predicted molar refractivity (Wildman–Crippen MR) is 160 cm³/mol. The number of nitrogens with zero attached hydrogens (tertiary/aromatic N) is 1. The Morgan fingerprint density at radius 3 is 1.68 bits per heavy atom. The van der Waals surface area contributed by atoms with Gasteiger partial charge in [-0.3, -0.25) is 0 Å². The summed E-state index contributed by atoms with van der Waals surface area (Å²) in [5.74, 6) is -2.40. The molecule has 2 aromatic carbocycles. The normalized spacial score (nSPS) is 10.7. The average Bonchev–Trinajstić information content (AvgIpc) is 2.88. The number of para-hydroxylation sites is 1. The van der Waals surface area contributed by atoms with E-state index in [1.165, 1.54) is 100 Å². The lowest BCUT2D eigenvalue weighted by molar-refractivity contribution is -0.929. The summed E-state index contributed by atoms with van der Waals surface area (Å²) >= 11 is 3.12. The summed E-state index contributed by atoms with van der Waals surface area (Å²) < 4.78 is 27.3. The molecule has 0 aliphatic rings. The third-order valence-electron chi connectivity index (χ3n) is 6.48. The Morgan fingerprint density at radius 2 is 1.34 bits per heavy atom. The van der Waals surface area contributed by atoms with Gasteiger partial charge in [0.05, 0.1) is 37.4 Å². The molecule has 0 aliphatic heterocycles. The first-order valence-electron chi connectivity index (χ1n) is 13.8. The first-order chi connectivity index (χ1) is 18.0. The molecule has 5 nitrogen and oxygen atoms in total. The molecule has 0 saturated carbocycles. The molecule has 0 unspecified atom stereocenters. The second-order valence-corrected chi connectivity index (χ2v) is 10.7. The first-order valence-corrected chi connectivity index (χ1v) is 14.6. The highest BCUT2D eigenvalue weighted by Gasteiger charge is 2.24. The quantitative estimate of drug-likeness (QED) is 0.177. The van der Waals surface area contributed by atoms with Crippen molar-refractivity contribution in [3.63, 3.8) is 0 Å². The number of carboxylic acids is 1. The van der Waals surface area contributed by atoms with Crippen LogP contribution < -0.4 is 5.73 Å². The molecule has 216 valence electrons. The highest BCUT2D eigenvalue weighted by molar-refractivity contribution is 9.10. The van der Waals surface area contributed by atoms with Gasteiger partial charge in [0, 0.05) is 4.47 Å². The van der Waals surface area contributed by atoms with E-state index in [-0.39, 0.29) is 16.9 Å². The van der Waals surface area contributed by atoms with Gasteiger partial charge in [0.2, 0.25) is 0 Å². The summed E-state index contributed by atoms with van der Waals surface area (Å²) in [6, 6.07) is 6.67. The fourth-order valence-corrected chi connectivity index (χ4v) is 4.62. The van der Waals surface area contributed by atoms with Crippen molar-refractivity contribution in [2.45, 2.75) is 86.0 Å². The van der Waals surface area contributed by atoms with E-state index in [0.29, 0.717) is 10.0 Å². The number of unbranched alkanes of at least 4 members (excludes halogenated alkanes) is 4. The van der Waals surface area contributed by atoms with Crippen molar-refractivity contribution in [1.29, 1.82) is 0 Å². The molecule has 2 rings (SSSR count). The van der Waals surface area contributed by atoms with Gasteiger partial charge in [0.25, 0.3) is 0 Å². The van der Waals surface area contributed by atoms with Gasteiger partial charge in [-0.25, -0.2) is 13.6 Å². The van der Waals surface area contributed by atoms with Crippen LogP contribution in [0.1, 0.15) is 95.0 Å². The van der Waals surface area contributed by atoms with E-state index in [1.54, 1.807) is 13.0 Å². The molecule has 0 saturated heterocycles. The molecule has 0 fully saturated rings. The Morgan fingerprint density at radius 1 is 0.895 bits per heavy atom. The van der Waals surface area contributed by atoms with Crippen LogP contribution in [0, 0.1) is 18.6 Å². The van der Waals surface area contributed by atoms with Crippen LogP contribution in [0.2, 0.25) is 0 Å². The fraction of sp³-hybridized carbons (Fsp3) is 0.567. The number of anilines is 1. The van der Waals surface area contributed by atoms with E-state index in [9.17, 15) is 13.6 Å². The summed E-state index contributed by atoms with van der Waals surface area (Å²) in [4.78, 5) is 10.3. The van der Waals surface area contributed by atoms with Gasteiger partial charge < -0.3 is 21.1 Å². The number of hydrogen-bond donors (Lipinski definition) is 2. The highest BCUT2D eigenvalue weighted by Crippen LogP contribution is 2.25. The number of halogens is 3. The smallest absolute Gasteiger partial charge is 0.337 e. The van der Waals surface area contributed by atoms with Crippen LogP contribution in [-0.2, 0) is 0 Å². The van der Waals surface area contributed by atoms with Crippen molar-refractivity contribution in [2.24, 2.45) is 0 Å². The third-order valence-corrected chi connectivity index (χ3v) is 6.94. The van der Waals surface area contributed by atoms with Gasteiger partial charge in [-0.1, -0.05) is 80.9 Å². The van der Waals surface area contributed by atoms with Crippen LogP contribution >= 0.6 is 15.9 Å². The Bertz CT molecular complexity index is 897. The van der Waals surface area contributed by atoms with Crippen LogP contribution in [0.4, 0.5) is 20.2 Å². The van der Waals surface area contributed by atoms with Crippen molar-refractivity contribution in [1.82, 2.24) is 0 Å². The Balaban J connectivity index is 0.000000565. The molecule has 0 bridgehead atoms. The molecule has 0 spiro atoms. The monoisotopic (exact) mass is 599 g/mol. The minimum Gasteiger partial charge on any atom is -0.696 e. The van der Waals surface area contributed by atoms with Gasteiger partial charge in [0.1, 0.15) is 11.6 Å². The summed E-state index contributed by atoms with van der Waals surface area (Å²) in [6.07, 6.45) is 11.1. The number of nitrogens with two attached hydrogens (primary N) is 1. The molecule has 0 aliphatic carbocycles. The number of hydrogen-bond acceptors (Lipinski definition) is 2. The number of carboxylic acid groups (broad SMARTS) is 1. The maximum Gasteiger partial charge on any atom is 0.337 e. The molecule has 8 heteroatoms. The molecular weight excluding hydrogens is 552 g/mol. The topological polar surface area (TPSA) is 87.1 Å². The van der Waals surface area contributed by atoms with E-state index in [2.05, 4.69) is 43.6 Å². The SMILES string of the molecule is CCCC[N+](CCCC)(CCCC)CCCC.Cc1cc(Br)cc(F)c1[NH-].Nc1c(F)cccc1C(=O)O. The maximum absolute atomic E-state index is 12.6. The van der Waals surface area contributed by atoms with E-state index in [4.69, 9.17) is 16.6 Å². The van der Waals surface area contributed by atoms with Gasteiger partial charge in [-0.05, 0) is 56.9 Å². The summed E-state index contributed by atoms with van der Waals surface area (Å²) in [6.45, 7) is 16.7. The predicted octanol–water partition coefficient (Wildman–Crippen LogP) is 9.69. The number of aryl methyl sites for hydroxylation is 1. The standard InChI is InChI=1S/C16H36N.C7H6BrFN.C7H6FNO2/c1-5-9-13-17(14-10-6-2,15-11-7-3)16-12-8-4;1-4-2-5(8)3-6(9)7(4)10;8-5-3-1-2-4(6(5)9)7(10)11/h5-16H2,1-4H3;2-3,10H,1H3;1-3H,9H2,(H,10,11)/q+1;-1;. The second-order valence-electron chi connectivity index (χ2n) is 9.74. The largest absolute Gasteiger partial charge is 0.696 e. The van der Waals surface area contributed by atoms with Crippen molar-refractivity contribution >= 4 is 33.3 Å². The Labute approximate surface area is 237 Å². The van der Waals surface area contributed by atoms with E-state index in [0.717, 1.165) is 6.07 Å². The fourth-order valence-electron chi connectivity index (χ4n) is 4.07. The minimum atomic E-state index is -1.22. The van der Waals surface area contributed by atoms with Crippen LogP contribution in [0.3, 0.4) is 0 Å². The number of nitrogens with one attached hydrogen (secondary N) is 1. The number of carbonyl (C=O) groups is 1. The van der Waals surface area contributed by atoms with Crippen LogP contribution in [0.5, 0.6) is 0 Å². The molecule has 4 N–H and O–H groups in total. The number of rotatable bonds is 13. The van der Waals surface area contributed by atoms with Gasteiger partial charge in [-0.2, -0.15) is 0 Å². The van der Waals surface area contributed by atoms with Crippen LogP contribution in [0.25, 0.3) is 5.73 Å². The zero-order chi connectivity index (χ0) is 29.1. The van der Waals surface area contributed by atoms with E-state index in [1.807, 2.05) is 0 Å². The van der Waals surface area contributed by atoms with Crippen molar-refractivity contribution in [2.75, 3.05) is 31.9 Å². The summed E-state index contributed by atoms with van der Waals surface area (Å²) in [5.41, 5.74) is 12.4. The lowest BCUT2D eigenvalue weighted by Crippen LogP contribution is -2.50. The van der Waals surface area contributed by atoms with E-state index >= 15 is 0 Å². The molecule has 0 amide bonds. The van der Waals surface area contributed by atoms with Gasteiger partial charge in [-0.15, -0.1) is 5.69 Å². The molecule has 0 atom stereocenters. The Kier molecular flexibility index (Phi) is 18.7. The first kappa shape index (κ1) is 35.8. The van der Waals surface area contributed by atoms with Crippen molar-refractivity contribution < 1.29 is 23.2 Å². The van der Waals surface area contributed by atoms with Crippen molar-refractivity contribution in [3.8, 4) is 0 Å². The zero-order valence-corrected chi connectivity index (χ0v) is 25.5. The molecule has 2 aromatic rings. The third kappa shape index (κ3) is 13.6. The lowest BCUT2D eigenvalue weighted by atomic mass is 10.1. The minimum absolute atomic E-state index is 0.0248. The van der Waals surface area contributed by atoms with Crippen LogP contribution in [-0.4, -0.2) is 41.7 Å². The molecule has 0 heterocycles. The second kappa shape index (κ2) is 19.8. The summed E-state index contributed by atoms with van der Waals surface area (Å²) in [5, 5.41) is 8.44. The van der Waals surface area contributed by atoms with Crippen LogP contribution in [0.15, 0.2) is 34.8 Å². The average molecular weight is 601 g/mol. The molecular formula is C30H48BrF2N3O2. The number of nitrogen functional groups attached to an aromatic ring is 1. The Hall–Kier alpha value is -2.19. The van der Waals surface area contributed by atoms with Gasteiger partial charge in [0.15, 0.2) is 0 Å². The molecule has 0 aromatic heterocycles. The zero-order valence-electron chi connectivity index (χ0n) is 23.9. The lowest BCUT2D eigenvalue weighted by Gasteiger charge is -2.39. The number of aromatic carboxylic acids is 1. The van der Waals surface area contributed by atoms with Crippen molar-refractivity contribution in [3.05, 3.63) is 63.3 Å². The molecule has 0 radical (unpaired) electrons.